The highest BCUT2D eigenvalue weighted by Crippen LogP contribution is 2.28. The number of amides is 1. The normalized spacial score (nSPS) is 11.2. The number of anilines is 2. The molecule has 26 heavy (non-hydrogen) atoms. The van der Waals surface area contributed by atoms with Gasteiger partial charge in [0.15, 0.2) is 0 Å². The van der Waals surface area contributed by atoms with Gasteiger partial charge in [0.05, 0.1) is 10.6 Å². The summed E-state index contributed by atoms with van der Waals surface area (Å²) in [5, 5.41) is 2.67. The van der Waals surface area contributed by atoms with Crippen molar-refractivity contribution in [2.75, 3.05) is 36.6 Å². The Labute approximate surface area is 159 Å². The maximum atomic E-state index is 12.5. The minimum Gasteiger partial charge on any atom is -0.373 e. The zero-order valence-corrected chi connectivity index (χ0v) is 16.7. The number of benzene rings is 2. The number of thioether (sulfide) groups is 1. The zero-order chi connectivity index (χ0) is 19.2. The van der Waals surface area contributed by atoms with Gasteiger partial charge in [-0.1, -0.05) is 18.2 Å². The third kappa shape index (κ3) is 5.48. The lowest BCUT2D eigenvalue weighted by atomic mass is 10.3. The predicted octanol–water partition coefficient (Wildman–Crippen LogP) is 2.78. The number of nitrogens with zero attached hydrogens (tertiary/aromatic N) is 1. The summed E-state index contributed by atoms with van der Waals surface area (Å²) in [7, 11) is -1.75. The molecule has 6 nitrogen and oxygen atoms in total. The van der Waals surface area contributed by atoms with Crippen molar-refractivity contribution in [1.82, 2.24) is 4.72 Å². The van der Waals surface area contributed by atoms with Gasteiger partial charge in [-0.2, -0.15) is 0 Å². The minimum absolute atomic E-state index is 0.126. The maximum Gasteiger partial charge on any atom is 0.240 e. The Hall–Kier alpha value is -2.03. The fourth-order valence-electron chi connectivity index (χ4n) is 2.38. The van der Waals surface area contributed by atoms with Crippen molar-refractivity contribution >= 4 is 39.1 Å². The van der Waals surface area contributed by atoms with Gasteiger partial charge < -0.3 is 10.2 Å². The molecule has 2 aromatic carbocycles. The van der Waals surface area contributed by atoms with Crippen molar-refractivity contribution in [3.8, 4) is 0 Å². The third-order valence-corrected chi connectivity index (χ3v) is 5.98. The van der Waals surface area contributed by atoms with E-state index < -0.39 is 10.0 Å². The van der Waals surface area contributed by atoms with E-state index in [2.05, 4.69) is 10.0 Å². The van der Waals surface area contributed by atoms with E-state index in [1.54, 1.807) is 12.1 Å². The highest BCUT2D eigenvalue weighted by atomic mass is 32.2. The summed E-state index contributed by atoms with van der Waals surface area (Å²) in [5.74, 6) is -0.243. The average Bonchev–Trinajstić information content (AvgIpc) is 2.61. The van der Waals surface area contributed by atoms with Crippen LogP contribution in [0.4, 0.5) is 11.4 Å². The molecule has 1 amide bonds. The van der Waals surface area contributed by atoms with Gasteiger partial charge in [-0.15, -0.1) is 11.8 Å². The molecular weight excluding hydrogens is 370 g/mol. The summed E-state index contributed by atoms with van der Waals surface area (Å²) in [5.41, 5.74) is 1.51. The number of para-hydroxylation sites is 1. The Morgan fingerprint density at radius 2 is 1.85 bits per heavy atom. The van der Waals surface area contributed by atoms with Gasteiger partial charge in [0, 0.05) is 37.6 Å². The number of nitrogens with one attached hydrogen (secondary N) is 2. The smallest absolute Gasteiger partial charge is 0.240 e. The fraction of sp³-hybridized carbons (Fsp3) is 0.278. The predicted molar refractivity (Wildman–Crippen MR) is 107 cm³/mol. The Kier molecular flexibility index (Phi) is 7.07. The maximum absolute atomic E-state index is 12.5. The molecule has 8 heteroatoms. The van der Waals surface area contributed by atoms with Crippen molar-refractivity contribution in [1.29, 1.82) is 0 Å². The van der Waals surface area contributed by atoms with E-state index >= 15 is 0 Å². The van der Waals surface area contributed by atoms with Crippen LogP contribution >= 0.6 is 11.8 Å². The lowest BCUT2D eigenvalue weighted by molar-refractivity contribution is -0.114. The molecule has 0 radical (unpaired) electrons. The number of hydrogen-bond acceptors (Lipinski definition) is 5. The molecule has 2 N–H and O–H groups in total. The summed E-state index contributed by atoms with van der Waals surface area (Å²) in [6.07, 6.45) is 1.87. The van der Waals surface area contributed by atoms with Crippen molar-refractivity contribution in [3.63, 3.8) is 0 Å². The SMILES string of the molecule is CSc1ccc(S(=O)(=O)NCCN(C)c2ccccc2)cc1NC(C)=O. The Morgan fingerprint density at radius 3 is 2.46 bits per heavy atom. The van der Waals surface area contributed by atoms with Crippen molar-refractivity contribution < 1.29 is 13.2 Å². The first-order valence-corrected chi connectivity index (χ1v) is 10.8. The molecular formula is C18H23N3O3S2. The molecule has 0 heterocycles. The van der Waals surface area contributed by atoms with Gasteiger partial charge >= 0.3 is 0 Å². The molecule has 0 spiro atoms. The minimum atomic E-state index is -3.66. The van der Waals surface area contributed by atoms with Crippen LogP contribution in [-0.2, 0) is 14.8 Å². The molecule has 0 saturated heterocycles. The molecule has 0 aromatic heterocycles. The van der Waals surface area contributed by atoms with E-state index in [0.717, 1.165) is 10.6 Å². The Bertz CT molecular complexity index is 855. The van der Waals surface area contributed by atoms with Crippen LogP contribution in [0.15, 0.2) is 58.3 Å². The molecule has 0 fully saturated rings. The molecule has 0 atom stereocenters. The monoisotopic (exact) mass is 393 g/mol. The highest BCUT2D eigenvalue weighted by molar-refractivity contribution is 7.98. The van der Waals surface area contributed by atoms with Crippen LogP contribution in [0.2, 0.25) is 0 Å². The van der Waals surface area contributed by atoms with E-state index in [1.165, 1.54) is 24.8 Å². The van der Waals surface area contributed by atoms with Gasteiger partial charge in [0.25, 0.3) is 0 Å². The van der Waals surface area contributed by atoms with Crippen LogP contribution in [0.3, 0.4) is 0 Å². The Balaban J connectivity index is 2.06. The molecule has 0 aliphatic carbocycles. The number of likely N-dealkylation sites (N-methyl/N-ethyl adjacent to an activating group) is 1. The van der Waals surface area contributed by atoms with E-state index in [0.29, 0.717) is 12.2 Å². The summed E-state index contributed by atoms with van der Waals surface area (Å²) < 4.78 is 27.7. The topological polar surface area (TPSA) is 78.5 Å². The zero-order valence-electron chi connectivity index (χ0n) is 15.0. The van der Waals surface area contributed by atoms with Gasteiger partial charge in [-0.05, 0) is 36.6 Å². The second-order valence-corrected chi connectivity index (χ2v) is 8.31. The number of carbonyl (C=O) groups is 1. The van der Waals surface area contributed by atoms with E-state index in [9.17, 15) is 13.2 Å². The van der Waals surface area contributed by atoms with Gasteiger partial charge in [0.1, 0.15) is 0 Å². The van der Waals surface area contributed by atoms with Gasteiger partial charge in [-0.25, -0.2) is 13.1 Å². The summed E-state index contributed by atoms with van der Waals surface area (Å²) in [4.78, 5) is 14.2. The van der Waals surface area contributed by atoms with Gasteiger partial charge in [0.2, 0.25) is 15.9 Å². The second kappa shape index (κ2) is 9.07. The van der Waals surface area contributed by atoms with Crippen molar-refractivity contribution in [2.45, 2.75) is 16.7 Å². The number of carbonyl (C=O) groups excluding carboxylic acids is 1. The molecule has 0 aliphatic rings. The molecule has 0 unspecified atom stereocenters. The number of hydrogen-bond donors (Lipinski definition) is 2. The first-order chi connectivity index (χ1) is 12.3. The molecule has 0 bridgehead atoms. The molecule has 2 aromatic rings. The number of rotatable bonds is 8. The van der Waals surface area contributed by atoms with Crippen LogP contribution in [0.5, 0.6) is 0 Å². The quantitative estimate of drug-likeness (QED) is 0.674. The average molecular weight is 394 g/mol. The van der Waals surface area contributed by atoms with Crippen molar-refractivity contribution in [2.24, 2.45) is 0 Å². The number of sulfonamides is 1. The lowest BCUT2D eigenvalue weighted by Gasteiger charge is -2.19. The van der Waals surface area contributed by atoms with Crippen LogP contribution in [-0.4, -0.2) is 40.7 Å². The van der Waals surface area contributed by atoms with Crippen LogP contribution in [0.1, 0.15) is 6.92 Å². The summed E-state index contributed by atoms with van der Waals surface area (Å²) >= 11 is 1.44. The molecule has 0 aliphatic heterocycles. The standard InChI is InChI=1S/C18H23N3O3S2/c1-14(22)20-17-13-16(9-10-18(17)25-3)26(23,24)19-11-12-21(2)15-7-5-4-6-8-15/h4-10,13,19H,11-12H2,1-3H3,(H,20,22). The van der Waals surface area contributed by atoms with E-state index in [-0.39, 0.29) is 17.3 Å². The van der Waals surface area contributed by atoms with Crippen LogP contribution in [0, 0.1) is 0 Å². The molecule has 2 rings (SSSR count). The lowest BCUT2D eigenvalue weighted by Crippen LogP contribution is -2.33. The first kappa shape index (κ1) is 20.3. The largest absolute Gasteiger partial charge is 0.373 e. The fourth-order valence-corrected chi connectivity index (χ4v) is 3.97. The van der Waals surface area contributed by atoms with Gasteiger partial charge in [-0.3, -0.25) is 4.79 Å². The molecule has 0 saturated carbocycles. The van der Waals surface area contributed by atoms with E-state index in [1.807, 2.05) is 48.5 Å². The Morgan fingerprint density at radius 1 is 1.15 bits per heavy atom. The van der Waals surface area contributed by atoms with E-state index in [4.69, 9.17) is 0 Å². The first-order valence-electron chi connectivity index (χ1n) is 8.05. The molecule has 140 valence electrons. The van der Waals surface area contributed by atoms with Crippen LogP contribution < -0.4 is 14.9 Å². The summed E-state index contributed by atoms with van der Waals surface area (Å²) in [6.45, 7) is 2.20. The van der Waals surface area contributed by atoms with Crippen molar-refractivity contribution in [3.05, 3.63) is 48.5 Å². The highest BCUT2D eigenvalue weighted by Gasteiger charge is 2.16. The van der Waals surface area contributed by atoms with Crippen LogP contribution in [0.25, 0.3) is 0 Å². The third-order valence-electron chi connectivity index (χ3n) is 3.73. The second-order valence-electron chi connectivity index (χ2n) is 5.70. The summed E-state index contributed by atoms with van der Waals surface area (Å²) in [6, 6.07) is 14.5.